The lowest BCUT2D eigenvalue weighted by Crippen LogP contribution is -2.52. The molecule has 8 heteroatoms. The van der Waals surface area contributed by atoms with Crippen molar-refractivity contribution in [3.8, 4) is 11.5 Å². The van der Waals surface area contributed by atoms with Gasteiger partial charge in [-0.25, -0.2) is 9.97 Å². The Morgan fingerprint density at radius 2 is 1.77 bits per heavy atom. The van der Waals surface area contributed by atoms with Crippen molar-refractivity contribution in [1.82, 2.24) is 19.9 Å². The molecule has 1 N–H and O–H groups in total. The van der Waals surface area contributed by atoms with E-state index in [0.717, 1.165) is 49.7 Å². The molecule has 2 aliphatic rings. The van der Waals surface area contributed by atoms with Crippen LogP contribution in [0.2, 0.25) is 0 Å². The maximum atomic E-state index is 12.9. The minimum Gasteiger partial charge on any atom is -0.439 e. The normalized spacial score (nSPS) is 21.9. The maximum absolute atomic E-state index is 12.9. The number of aryl methyl sites for hydroxylation is 1. The van der Waals surface area contributed by atoms with Gasteiger partial charge in [-0.05, 0) is 50.2 Å². The standard InChI is InChI=1S/C23H27N5O3/c1-14-24-11-21(31-14)20-7-16-8-22(26-10-17(16)9-25-20)27-23(29)15-3-5-18(6-4-15)28(2)19-12-30-13-19/h7-11,15,18-19H,3-6,12-13H2,1-2H3,(H,26,27,29)/t15-,18-. The number of anilines is 1. The van der Waals surface area contributed by atoms with Gasteiger partial charge in [0, 0.05) is 36.7 Å². The first-order valence-corrected chi connectivity index (χ1v) is 10.9. The van der Waals surface area contributed by atoms with Gasteiger partial charge in [-0.2, -0.15) is 0 Å². The number of rotatable bonds is 5. The summed E-state index contributed by atoms with van der Waals surface area (Å²) in [6, 6.07) is 4.90. The zero-order valence-electron chi connectivity index (χ0n) is 17.9. The summed E-state index contributed by atoms with van der Waals surface area (Å²) in [5.41, 5.74) is 0.705. The molecule has 2 fully saturated rings. The lowest BCUT2D eigenvalue weighted by atomic mass is 9.84. The summed E-state index contributed by atoms with van der Waals surface area (Å²) >= 11 is 0. The molecular formula is C23H27N5O3. The molecule has 1 saturated carbocycles. The Morgan fingerprint density at radius 3 is 2.45 bits per heavy atom. The maximum Gasteiger partial charge on any atom is 0.228 e. The minimum absolute atomic E-state index is 0.0324. The predicted molar refractivity (Wildman–Crippen MR) is 117 cm³/mol. The van der Waals surface area contributed by atoms with Crippen molar-refractivity contribution >= 4 is 22.5 Å². The Kier molecular flexibility index (Phi) is 5.41. The van der Waals surface area contributed by atoms with Crippen LogP contribution in [0.4, 0.5) is 5.82 Å². The van der Waals surface area contributed by atoms with Crippen LogP contribution < -0.4 is 5.32 Å². The zero-order chi connectivity index (χ0) is 21.4. The van der Waals surface area contributed by atoms with Crippen molar-refractivity contribution in [3.63, 3.8) is 0 Å². The topological polar surface area (TPSA) is 93.4 Å². The first kappa shape index (κ1) is 20.1. The van der Waals surface area contributed by atoms with Crippen LogP contribution in [0.1, 0.15) is 31.6 Å². The number of fused-ring (bicyclic) bond motifs is 1. The van der Waals surface area contributed by atoms with Crippen LogP contribution in [0.25, 0.3) is 22.2 Å². The monoisotopic (exact) mass is 421 g/mol. The highest BCUT2D eigenvalue weighted by Gasteiger charge is 2.33. The van der Waals surface area contributed by atoms with Crippen molar-refractivity contribution in [2.75, 3.05) is 25.6 Å². The number of oxazole rings is 1. The van der Waals surface area contributed by atoms with Crippen LogP contribution in [-0.4, -0.2) is 58.1 Å². The SMILES string of the molecule is Cc1ncc(-c2cc3cc(NC(=O)[C@H]4CC[C@H](N(C)C5COC5)CC4)ncc3cn2)o1. The Hall–Kier alpha value is -2.84. The number of pyridine rings is 2. The van der Waals surface area contributed by atoms with E-state index in [1.54, 1.807) is 25.5 Å². The van der Waals surface area contributed by atoms with Crippen LogP contribution in [0.3, 0.4) is 0 Å². The molecule has 8 nitrogen and oxygen atoms in total. The molecule has 162 valence electrons. The summed E-state index contributed by atoms with van der Waals surface area (Å²) < 4.78 is 10.9. The Bertz CT molecular complexity index is 1090. The van der Waals surface area contributed by atoms with Gasteiger partial charge in [0.05, 0.1) is 25.5 Å². The number of nitrogens with one attached hydrogen (secondary N) is 1. The summed E-state index contributed by atoms with van der Waals surface area (Å²) in [5, 5.41) is 4.86. The fraction of sp³-hybridized carbons (Fsp3) is 0.478. The summed E-state index contributed by atoms with van der Waals surface area (Å²) in [6.07, 6.45) is 9.05. The van der Waals surface area contributed by atoms with Crippen molar-refractivity contribution < 1.29 is 13.9 Å². The molecule has 1 aliphatic heterocycles. The van der Waals surface area contributed by atoms with Crippen LogP contribution in [0, 0.1) is 12.8 Å². The highest BCUT2D eigenvalue weighted by Crippen LogP contribution is 2.30. The minimum atomic E-state index is 0.0324. The number of amides is 1. The van der Waals surface area contributed by atoms with E-state index in [1.165, 1.54) is 0 Å². The van der Waals surface area contributed by atoms with Crippen molar-refractivity contribution in [2.24, 2.45) is 5.92 Å². The first-order valence-electron chi connectivity index (χ1n) is 10.9. The van der Waals surface area contributed by atoms with Gasteiger partial charge < -0.3 is 14.5 Å². The largest absolute Gasteiger partial charge is 0.439 e. The molecule has 0 spiro atoms. The van der Waals surface area contributed by atoms with Gasteiger partial charge in [0.25, 0.3) is 0 Å². The molecule has 1 saturated heterocycles. The Labute approximate surface area is 181 Å². The van der Waals surface area contributed by atoms with Gasteiger partial charge in [0.15, 0.2) is 11.7 Å². The second kappa shape index (κ2) is 8.36. The van der Waals surface area contributed by atoms with Gasteiger partial charge in [0.2, 0.25) is 5.91 Å². The van der Waals surface area contributed by atoms with Crippen molar-refractivity contribution in [3.05, 3.63) is 36.6 Å². The molecule has 1 amide bonds. The number of ether oxygens (including phenoxy) is 1. The predicted octanol–water partition coefficient (Wildman–Crippen LogP) is 3.42. The lowest BCUT2D eigenvalue weighted by molar-refractivity contribution is -0.121. The molecule has 0 aromatic carbocycles. The summed E-state index contributed by atoms with van der Waals surface area (Å²) in [5.74, 6) is 1.87. The molecule has 0 atom stereocenters. The second-order valence-electron chi connectivity index (χ2n) is 8.58. The van der Waals surface area contributed by atoms with E-state index in [4.69, 9.17) is 9.15 Å². The third-order valence-electron chi connectivity index (χ3n) is 6.57. The summed E-state index contributed by atoms with van der Waals surface area (Å²) in [4.78, 5) is 28.2. The van der Waals surface area contributed by atoms with Crippen molar-refractivity contribution in [1.29, 1.82) is 0 Å². The number of nitrogens with zero attached hydrogens (tertiary/aromatic N) is 4. The van der Waals surface area contributed by atoms with Gasteiger partial charge >= 0.3 is 0 Å². The van der Waals surface area contributed by atoms with Gasteiger partial charge in [-0.3, -0.25) is 14.7 Å². The molecule has 1 aliphatic carbocycles. The highest BCUT2D eigenvalue weighted by molar-refractivity contribution is 5.94. The van der Waals surface area contributed by atoms with E-state index in [2.05, 4.69) is 32.2 Å². The Morgan fingerprint density at radius 1 is 1.00 bits per heavy atom. The van der Waals surface area contributed by atoms with Gasteiger partial charge in [0.1, 0.15) is 11.5 Å². The van der Waals surface area contributed by atoms with Crippen LogP contribution in [-0.2, 0) is 9.53 Å². The number of likely N-dealkylation sites (N-methyl/N-ethyl adjacent to an activating group) is 1. The number of carbonyl (C=O) groups is 1. The van der Waals surface area contributed by atoms with Crippen LogP contribution >= 0.6 is 0 Å². The molecule has 0 unspecified atom stereocenters. The van der Waals surface area contributed by atoms with E-state index < -0.39 is 0 Å². The fourth-order valence-electron chi connectivity index (χ4n) is 4.45. The summed E-state index contributed by atoms with van der Waals surface area (Å²) in [7, 11) is 2.18. The molecular weight excluding hydrogens is 394 g/mol. The number of hydrogen-bond donors (Lipinski definition) is 1. The smallest absolute Gasteiger partial charge is 0.228 e. The van der Waals surface area contributed by atoms with E-state index in [0.29, 0.717) is 35.2 Å². The van der Waals surface area contributed by atoms with Crippen LogP contribution in [0.5, 0.6) is 0 Å². The van der Waals surface area contributed by atoms with Gasteiger partial charge in [-0.15, -0.1) is 0 Å². The van der Waals surface area contributed by atoms with Crippen LogP contribution in [0.15, 0.2) is 35.1 Å². The van der Waals surface area contributed by atoms with E-state index in [1.807, 2.05) is 12.1 Å². The van der Waals surface area contributed by atoms with Crippen molar-refractivity contribution in [2.45, 2.75) is 44.7 Å². The van der Waals surface area contributed by atoms with Gasteiger partial charge in [-0.1, -0.05) is 0 Å². The fourth-order valence-corrected chi connectivity index (χ4v) is 4.45. The molecule has 31 heavy (non-hydrogen) atoms. The average molecular weight is 422 g/mol. The Balaban J connectivity index is 1.24. The van der Waals surface area contributed by atoms with E-state index in [9.17, 15) is 4.79 Å². The summed E-state index contributed by atoms with van der Waals surface area (Å²) in [6.45, 7) is 3.46. The quantitative estimate of drug-likeness (QED) is 0.675. The second-order valence-corrected chi connectivity index (χ2v) is 8.58. The lowest BCUT2D eigenvalue weighted by Gasteiger charge is -2.42. The van der Waals surface area contributed by atoms with E-state index in [-0.39, 0.29) is 11.8 Å². The highest BCUT2D eigenvalue weighted by atomic mass is 16.5. The molecule has 0 radical (unpaired) electrons. The average Bonchev–Trinajstić information content (AvgIpc) is 3.18. The molecule has 4 heterocycles. The zero-order valence-corrected chi connectivity index (χ0v) is 17.9. The molecule has 3 aromatic heterocycles. The molecule has 3 aromatic rings. The number of carbonyl (C=O) groups excluding carboxylic acids is 1. The molecule has 5 rings (SSSR count). The third kappa shape index (κ3) is 4.18. The number of aromatic nitrogens is 3. The van der Waals surface area contributed by atoms with E-state index >= 15 is 0 Å². The number of hydrogen-bond acceptors (Lipinski definition) is 7. The third-order valence-corrected chi connectivity index (χ3v) is 6.57. The molecule has 0 bridgehead atoms. The first-order chi connectivity index (χ1) is 15.1.